The van der Waals surface area contributed by atoms with Gasteiger partial charge in [-0.05, 0) is 42.5 Å². The Kier molecular flexibility index (Phi) is 5.66. The molecule has 2 heterocycles. The second kappa shape index (κ2) is 8.83. The molecule has 0 atom stereocenters. The summed E-state index contributed by atoms with van der Waals surface area (Å²) in [4.78, 5) is 20.4. The van der Waals surface area contributed by atoms with Crippen LogP contribution >= 0.6 is 0 Å². The van der Waals surface area contributed by atoms with E-state index in [1.807, 2.05) is 6.07 Å². The number of carbonyl (C=O) groups excluding carboxylic acids is 1. The first-order chi connectivity index (χ1) is 17.3. The third-order valence-electron chi connectivity index (χ3n) is 6.02. The number of fused-ring (bicyclic) bond motifs is 3. The van der Waals surface area contributed by atoms with Crippen LogP contribution in [0.4, 0.5) is 5.69 Å². The summed E-state index contributed by atoms with van der Waals surface area (Å²) in [7, 11) is -0.938. The highest BCUT2D eigenvalue weighted by molar-refractivity contribution is 7.92. The molecule has 0 aliphatic rings. The fourth-order valence-corrected chi connectivity index (χ4v) is 5.32. The van der Waals surface area contributed by atoms with Crippen LogP contribution in [0.2, 0.25) is 0 Å². The van der Waals surface area contributed by atoms with Crippen molar-refractivity contribution in [1.82, 2.24) is 9.97 Å². The van der Waals surface area contributed by atoms with Crippen molar-refractivity contribution in [1.29, 1.82) is 5.26 Å². The van der Waals surface area contributed by atoms with Crippen molar-refractivity contribution in [2.75, 3.05) is 18.5 Å². The fourth-order valence-electron chi connectivity index (χ4n) is 4.11. The molecule has 2 aromatic heterocycles. The van der Waals surface area contributed by atoms with Gasteiger partial charge in [-0.1, -0.05) is 36.4 Å². The predicted octanol–water partition coefficient (Wildman–Crippen LogP) is 4.87. The van der Waals surface area contributed by atoms with Crippen molar-refractivity contribution in [3.63, 3.8) is 0 Å². The van der Waals surface area contributed by atoms with Crippen LogP contribution in [0.3, 0.4) is 0 Å². The van der Waals surface area contributed by atoms with Crippen molar-refractivity contribution in [2.45, 2.75) is 4.90 Å². The Hall–Kier alpha value is -4.68. The standard InChI is InChI=1S/C27H20N4O4S/c1-31(36(33,34)20-6-4-3-5-7-20)19-11-9-18(10-12-19)25-26-22(15-24(30-25)27(32)35-2)21-13-8-17(16-28)14-23(21)29-26/h3-15,29H,1-2H3. The van der Waals surface area contributed by atoms with Crippen molar-refractivity contribution < 1.29 is 17.9 Å². The number of carbonyl (C=O) groups is 1. The van der Waals surface area contributed by atoms with Crippen LogP contribution in [0.25, 0.3) is 33.1 Å². The van der Waals surface area contributed by atoms with Crippen LogP contribution in [0.15, 0.2) is 83.8 Å². The topological polar surface area (TPSA) is 116 Å². The Morgan fingerprint density at radius 3 is 2.39 bits per heavy atom. The van der Waals surface area contributed by atoms with Crippen LogP contribution in [-0.2, 0) is 14.8 Å². The number of nitrogens with zero attached hydrogens (tertiary/aromatic N) is 3. The number of pyridine rings is 1. The lowest BCUT2D eigenvalue weighted by atomic mass is 10.1. The maximum absolute atomic E-state index is 13.0. The summed E-state index contributed by atoms with van der Waals surface area (Å²) >= 11 is 0. The van der Waals surface area contributed by atoms with E-state index in [2.05, 4.69) is 16.0 Å². The van der Waals surface area contributed by atoms with Crippen molar-refractivity contribution in [3.8, 4) is 17.3 Å². The second-order valence-electron chi connectivity index (χ2n) is 8.10. The van der Waals surface area contributed by atoms with Gasteiger partial charge >= 0.3 is 5.97 Å². The van der Waals surface area contributed by atoms with Crippen LogP contribution in [0.1, 0.15) is 16.1 Å². The number of hydrogen-bond acceptors (Lipinski definition) is 6. The highest BCUT2D eigenvalue weighted by Gasteiger charge is 2.22. The van der Waals surface area contributed by atoms with Gasteiger partial charge in [-0.15, -0.1) is 0 Å². The first kappa shape index (κ1) is 23.1. The Labute approximate surface area is 207 Å². The number of methoxy groups -OCH3 is 1. The lowest BCUT2D eigenvalue weighted by Crippen LogP contribution is -2.26. The van der Waals surface area contributed by atoms with E-state index in [1.54, 1.807) is 72.8 Å². The van der Waals surface area contributed by atoms with Crippen LogP contribution in [0, 0.1) is 11.3 Å². The van der Waals surface area contributed by atoms with Gasteiger partial charge in [0.25, 0.3) is 10.0 Å². The van der Waals surface area contributed by atoms with Crippen LogP contribution in [-0.4, -0.2) is 38.5 Å². The molecule has 1 N–H and O–H groups in total. The Bertz CT molecular complexity index is 1770. The summed E-state index contributed by atoms with van der Waals surface area (Å²) < 4.78 is 32.1. The molecule has 36 heavy (non-hydrogen) atoms. The molecule has 3 aromatic carbocycles. The van der Waals surface area contributed by atoms with Crippen molar-refractivity contribution in [3.05, 3.63) is 90.1 Å². The molecule has 0 spiro atoms. The Balaban J connectivity index is 1.63. The molecule has 0 saturated heterocycles. The quantitative estimate of drug-likeness (QED) is 0.347. The molecule has 8 nitrogen and oxygen atoms in total. The minimum Gasteiger partial charge on any atom is -0.464 e. The van der Waals surface area contributed by atoms with E-state index >= 15 is 0 Å². The van der Waals surface area contributed by atoms with E-state index in [0.29, 0.717) is 28.0 Å². The maximum Gasteiger partial charge on any atom is 0.356 e. The van der Waals surface area contributed by atoms with Crippen molar-refractivity contribution >= 4 is 43.5 Å². The Morgan fingerprint density at radius 1 is 1.00 bits per heavy atom. The minimum atomic E-state index is -3.73. The zero-order valence-corrected chi connectivity index (χ0v) is 20.2. The van der Waals surface area contributed by atoms with E-state index in [9.17, 15) is 18.5 Å². The van der Waals surface area contributed by atoms with Gasteiger partial charge in [-0.25, -0.2) is 18.2 Å². The van der Waals surface area contributed by atoms with Gasteiger partial charge in [0, 0.05) is 28.9 Å². The van der Waals surface area contributed by atoms with Crippen LogP contribution < -0.4 is 4.31 Å². The molecular formula is C27H20N4O4S. The van der Waals surface area contributed by atoms with E-state index in [-0.39, 0.29) is 10.6 Å². The fraction of sp³-hybridized carbons (Fsp3) is 0.0741. The molecule has 0 radical (unpaired) electrons. The highest BCUT2D eigenvalue weighted by Crippen LogP contribution is 2.34. The number of anilines is 1. The molecule has 5 rings (SSSR count). The molecule has 0 fully saturated rings. The number of ether oxygens (including phenoxy) is 1. The van der Waals surface area contributed by atoms with Gasteiger partial charge in [0.15, 0.2) is 0 Å². The zero-order chi connectivity index (χ0) is 25.4. The average molecular weight is 497 g/mol. The SMILES string of the molecule is COC(=O)c1cc2c([nH]c3cc(C#N)ccc32)c(-c2ccc(N(C)S(=O)(=O)c3ccccc3)cc2)n1. The number of rotatable bonds is 5. The summed E-state index contributed by atoms with van der Waals surface area (Å²) in [5.74, 6) is -0.577. The second-order valence-corrected chi connectivity index (χ2v) is 10.1. The highest BCUT2D eigenvalue weighted by atomic mass is 32.2. The van der Waals surface area contributed by atoms with Crippen molar-refractivity contribution in [2.24, 2.45) is 0 Å². The van der Waals surface area contributed by atoms with E-state index in [4.69, 9.17) is 4.74 Å². The molecular weight excluding hydrogens is 476 g/mol. The van der Waals surface area contributed by atoms with Gasteiger partial charge < -0.3 is 9.72 Å². The minimum absolute atomic E-state index is 0.137. The van der Waals surface area contributed by atoms with Gasteiger partial charge in [-0.3, -0.25) is 4.31 Å². The van der Waals surface area contributed by atoms with Gasteiger partial charge in [0.2, 0.25) is 0 Å². The number of nitrogens with one attached hydrogen (secondary N) is 1. The number of hydrogen-bond donors (Lipinski definition) is 1. The third-order valence-corrected chi connectivity index (χ3v) is 7.82. The molecule has 5 aromatic rings. The molecule has 0 aliphatic heterocycles. The first-order valence-corrected chi connectivity index (χ1v) is 12.4. The van der Waals surface area contributed by atoms with Crippen LogP contribution in [0.5, 0.6) is 0 Å². The maximum atomic E-state index is 13.0. The summed E-state index contributed by atoms with van der Waals surface area (Å²) in [6.07, 6.45) is 0. The molecule has 9 heteroatoms. The van der Waals surface area contributed by atoms with E-state index < -0.39 is 16.0 Å². The number of aromatic nitrogens is 2. The Morgan fingerprint density at radius 2 is 1.72 bits per heavy atom. The largest absolute Gasteiger partial charge is 0.464 e. The smallest absolute Gasteiger partial charge is 0.356 e. The molecule has 0 unspecified atom stereocenters. The predicted molar refractivity (Wildman–Crippen MR) is 137 cm³/mol. The van der Waals surface area contributed by atoms with Gasteiger partial charge in [0.1, 0.15) is 5.69 Å². The lowest BCUT2D eigenvalue weighted by molar-refractivity contribution is 0.0594. The lowest BCUT2D eigenvalue weighted by Gasteiger charge is -2.20. The summed E-state index contributed by atoms with van der Waals surface area (Å²) in [5.41, 5.74) is 3.71. The molecule has 0 saturated carbocycles. The first-order valence-electron chi connectivity index (χ1n) is 10.9. The average Bonchev–Trinajstić information content (AvgIpc) is 3.30. The monoisotopic (exact) mass is 496 g/mol. The molecule has 178 valence electrons. The van der Waals surface area contributed by atoms with E-state index in [1.165, 1.54) is 18.5 Å². The number of aromatic amines is 1. The van der Waals surface area contributed by atoms with Gasteiger partial charge in [-0.2, -0.15) is 5.26 Å². The number of nitriles is 1. The van der Waals surface area contributed by atoms with E-state index in [0.717, 1.165) is 16.3 Å². The summed E-state index contributed by atoms with van der Waals surface area (Å²) in [6.45, 7) is 0. The van der Waals surface area contributed by atoms with Gasteiger partial charge in [0.05, 0.1) is 40.5 Å². The number of benzene rings is 3. The number of sulfonamides is 1. The summed E-state index contributed by atoms with van der Waals surface area (Å²) in [5, 5.41) is 10.9. The zero-order valence-electron chi connectivity index (χ0n) is 19.4. The number of H-pyrrole nitrogens is 1. The normalized spacial score (nSPS) is 11.4. The third kappa shape index (κ3) is 3.83. The molecule has 0 bridgehead atoms. The molecule has 0 amide bonds. The summed E-state index contributed by atoms with van der Waals surface area (Å²) in [6, 6.07) is 24.1. The molecule has 0 aliphatic carbocycles. The number of esters is 1.